The second-order valence-electron chi connectivity index (χ2n) is 4.49. The molecule has 0 saturated heterocycles. The van der Waals surface area contributed by atoms with Gasteiger partial charge < -0.3 is 4.74 Å². The van der Waals surface area contributed by atoms with Gasteiger partial charge in [0.25, 0.3) is 0 Å². The lowest BCUT2D eigenvalue weighted by Gasteiger charge is -2.24. The molecule has 0 aliphatic carbocycles. The number of thioether (sulfide) groups is 1. The number of carbonyl (C=O) groups is 1. The van der Waals surface area contributed by atoms with Crippen molar-refractivity contribution in [1.29, 1.82) is 0 Å². The summed E-state index contributed by atoms with van der Waals surface area (Å²) >= 11 is 1.77. The molecule has 0 fully saturated rings. The van der Waals surface area contributed by atoms with E-state index < -0.39 is 0 Å². The molecule has 2 rings (SSSR count). The van der Waals surface area contributed by atoms with Crippen LogP contribution in [0.5, 0.6) is 0 Å². The summed E-state index contributed by atoms with van der Waals surface area (Å²) in [4.78, 5) is 14.1. The standard InChI is InChI=1S/C14H19NO2S/c1-17-14(16)13(7-8-18-2)15-9-11-5-3-4-6-12(11)10-15/h3-6,13H,7-10H2,1-2H3/t13-/m0/s1. The maximum Gasteiger partial charge on any atom is 0.323 e. The first-order chi connectivity index (χ1) is 8.76. The SMILES string of the molecule is COC(=O)[C@H](CCSC)N1Cc2ccccc2C1. The van der Waals surface area contributed by atoms with Crippen LogP contribution in [0.15, 0.2) is 24.3 Å². The number of nitrogens with zero attached hydrogens (tertiary/aromatic N) is 1. The fraction of sp³-hybridized carbons (Fsp3) is 0.500. The molecule has 1 atom stereocenters. The molecule has 4 heteroatoms. The molecule has 1 aliphatic rings. The molecule has 0 aromatic heterocycles. The monoisotopic (exact) mass is 265 g/mol. The highest BCUT2D eigenvalue weighted by Gasteiger charge is 2.30. The third-order valence-corrected chi connectivity index (χ3v) is 4.02. The van der Waals surface area contributed by atoms with Crippen molar-refractivity contribution in [3.8, 4) is 0 Å². The smallest absolute Gasteiger partial charge is 0.323 e. The summed E-state index contributed by atoms with van der Waals surface area (Å²) in [5, 5.41) is 0. The van der Waals surface area contributed by atoms with Gasteiger partial charge in [0.2, 0.25) is 0 Å². The van der Waals surface area contributed by atoms with Crippen molar-refractivity contribution in [1.82, 2.24) is 4.90 Å². The molecule has 0 unspecified atom stereocenters. The Labute approximate surface area is 113 Å². The van der Waals surface area contributed by atoms with Crippen molar-refractivity contribution in [3.63, 3.8) is 0 Å². The van der Waals surface area contributed by atoms with Gasteiger partial charge in [-0.15, -0.1) is 0 Å². The molecule has 1 aliphatic heterocycles. The van der Waals surface area contributed by atoms with Crippen LogP contribution in [0.4, 0.5) is 0 Å². The zero-order valence-corrected chi connectivity index (χ0v) is 11.7. The van der Waals surface area contributed by atoms with Gasteiger partial charge in [-0.05, 0) is 29.6 Å². The number of hydrogen-bond donors (Lipinski definition) is 0. The lowest BCUT2D eigenvalue weighted by atomic mass is 10.1. The third kappa shape index (κ3) is 2.87. The van der Waals surface area contributed by atoms with Crippen LogP contribution in [-0.4, -0.2) is 36.0 Å². The molecule has 98 valence electrons. The maximum atomic E-state index is 11.9. The van der Waals surface area contributed by atoms with Gasteiger partial charge in [-0.25, -0.2) is 0 Å². The van der Waals surface area contributed by atoms with E-state index in [1.807, 2.05) is 0 Å². The predicted octanol–water partition coefficient (Wildman–Crippen LogP) is 2.30. The molecular weight excluding hydrogens is 246 g/mol. The maximum absolute atomic E-state index is 11.9. The second kappa shape index (κ2) is 6.25. The average Bonchev–Trinajstić information content (AvgIpc) is 2.82. The number of carbonyl (C=O) groups excluding carboxylic acids is 1. The molecule has 18 heavy (non-hydrogen) atoms. The zero-order valence-electron chi connectivity index (χ0n) is 10.9. The summed E-state index contributed by atoms with van der Waals surface area (Å²) in [5.74, 6) is 0.865. The Kier molecular flexibility index (Phi) is 4.66. The van der Waals surface area contributed by atoms with E-state index >= 15 is 0 Å². The summed E-state index contributed by atoms with van der Waals surface area (Å²) in [7, 11) is 1.47. The Morgan fingerprint density at radius 3 is 2.50 bits per heavy atom. The van der Waals surface area contributed by atoms with Gasteiger partial charge in [0, 0.05) is 13.1 Å². The quantitative estimate of drug-likeness (QED) is 0.764. The molecule has 0 bridgehead atoms. The number of benzene rings is 1. The summed E-state index contributed by atoms with van der Waals surface area (Å²) in [6.45, 7) is 1.70. The lowest BCUT2D eigenvalue weighted by molar-refractivity contribution is -0.147. The predicted molar refractivity (Wildman–Crippen MR) is 74.5 cm³/mol. The van der Waals surface area contributed by atoms with Crippen LogP contribution in [0.2, 0.25) is 0 Å². The van der Waals surface area contributed by atoms with Gasteiger partial charge in [-0.2, -0.15) is 11.8 Å². The van der Waals surface area contributed by atoms with Crippen molar-refractivity contribution in [3.05, 3.63) is 35.4 Å². The number of rotatable bonds is 5. The lowest BCUT2D eigenvalue weighted by Crippen LogP contribution is -2.39. The summed E-state index contributed by atoms with van der Waals surface area (Å²) in [5.41, 5.74) is 2.66. The topological polar surface area (TPSA) is 29.5 Å². The molecule has 0 N–H and O–H groups in total. The highest BCUT2D eigenvalue weighted by molar-refractivity contribution is 7.98. The minimum Gasteiger partial charge on any atom is -0.468 e. The van der Waals surface area contributed by atoms with Gasteiger partial charge >= 0.3 is 5.97 Å². The molecule has 0 spiro atoms. The minimum atomic E-state index is -0.116. The first-order valence-electron chi connectivity index (χ1n) is 6.14. The zero-order chi connectivity index (χ0) is 13.0. The Bertz CT molecular complexity index is 397. The van der Waals surface area contributed by atoms with Crippen molar-refractivity contribution in [2.75, 3.05) is 19.1 Å². The van der Waals surface area contributed by atoms with Crippen molar-refractivity contribution < 1.29 is 9.53 Å². The number of ether oxygens (including phenoxy) is 1. The number of hydrogen-bond acceptors (Lipinski definition) is 4. The molecule has 0 radical (unpaired) electrons. The van der Waals surface area contributed by atoms with Gasteiger partial charge in [0.15, 0.2) is 0 Å². The van der Waals surface area contributed by atoms with E-state index in [0.29, 0.717) is 0 Å². The largest absolute Gasteiger partial charge is 0.468 e. The van der Waals surface area contributed by atoms with Crippen LogP contribution < -0.4 is 0 Å². The average molecular weight is 265 g/mol. The third-order valence-electron chi connectivity index (χ3n) is 3.37. The molecule has 0 amide bonds. The van der Waals surface area contributed by atoms with Gasteiger partial charge in [0.1, 0.15) is 6.04 Å². The van der Waals surface area contributed by atoms with Crippen LogP contribution in [0, 0.1) is 0 Å². The fourth-order valence-corrected chi connectivity index (χ4v) is 2.85. The summed E-state index contributed by atoms with van der Waals surface area (Å²) in [6.07, 6.45) is 2.91. The van der Waals surface area contributed by atoms with Gasteiger partial charge in [-0.3, -0.25) is 9.69 Å². The molecule has 1 aromatic carbocycles. The van der Waals surface area contributed by atoms with Crippen LogP contribution in [0.25, 0.3) is 0 Å². The number of fused-ring (bicyclic) bond motifs is 1. The Morgan fingerprint density at radius 2 is 2.00 bits per heavy atom. The van der Waals surface area contributed by atoms with E-state index in [1.165, 1.54) is 18.2 Å². The number of esters is 1. The highest BCUT2D eigenvalue weighted by Crippen LogP contribution is 2.26. The molecule has 0 saturated carbocycles. The van der Waals surface area contributed by atoms with E-state index in [-0.39, 0.29) is 12.0 Å². The Hall–Kier alpha value is -1.00. The van der Waals surface area contributed by atoms with Crippen LogP contribution in [-0.2, 0) is 22.6 Å². The van der Waals surface area contributed by atoms with Gasteiger partial charge in [0.05, 0.1) is 7.11 Å². The van der Waals surface area contributed by atoms with E-state index in [2.05, 4.69) is 35.4 Å². The Morgan fingerprint density at radius 1 is 1.39 bits per heavy atom. The van der Waals surface area contributed by atoms with E-state index in [0.717, 1.165) is 25.3 Å². The van der Waals surface area contributed by atoms with E-state index in [1.54, 1.807) is 11.8 Å². The highest BCUT2D eigenvalue weighted by atomic mass is 32.2. The van der Waals surface area contributed by atoms with E-state index in [4.69, 9.17) is 4.74 Å². The fourth-order valence-electron chi connectivity index (χ4n) is 2.39. The second-order valence-corrected chi connectivity index (χ2v) is 5.48. The summed E-state index contributed by atoms with van der Waals surface area (Å²) in [6, 6.07) is 8.26. The van der Waals surface area contributed by atoms with Crippen molar-refractivity contribution >= 4 is 17.7 Å². The molecule has 1 aromatic rings. The first kappa shape index (κ1) is 13.4. The van der Waals surface area contributed by atoms with Crippen molar-refractivity contribution in [2.24, 2.45) is 0 Å². The molecular formula is C14H19NO2S. The van der Waals surface area contributed by atoms with E-state index in [9.17, 15) is 4.79 Å². The number of methoxy groups -OCH3 is 1. The summed E-state index contributed by atoms with van der Waals surface area (Å²) < 4.78 is 4.93. The van der Waals surface area contributed by atoms with Crippen LogP contribution in [0.1, 0.15) is 17.5 Å². The first-order valence-corrected chi connectivity index (χ1v) is 7.53. The minimum absolute atomic E-state index is 0.114. The van der Waals surface area contributed by atoms with Crippen LogP contribution >= 0.6 is 11.8 Å². The Balaban J connectivity index is 2.07. The normalized spacial score (nSPS) is 16.3. The molecule has 3 nitrogen and oxygen atoms in total. The van der Waals surface area contributed by atoms with Crippen LogP contribution in [0.3, 0.4) is 0 Å². The van der Waals surface area contributed by atoms with Crippen molar-refractivity contribution in [2.45, 2.75) is 25.6 Å². The molecule has 1 heterocycles. The van der Waals surface area contributed by atoms with Gasteiger partial charge in [-0.1, -0.05) is 24.3 Å².